The minimum Gasteiger partial charge on any atom is -0.310 e. The van der Waals surface area contributed by atoms with E-state index in [2.05, 4.69) is 41.7 Å². The Morgan fingerprint density at radius 1 is 1.26 bits per heavy atom. The number of hydrogen-bond acceptors (Lipinski definition) is 3. The van der Waals surface area contributed by atoms with Crippen molar-refractivity contribution >= 4 is 0 Å². The molecule has 0 aromatic carbocycles. The van der Waals surface area contributed by atoms with Crippen molar-refractivity contribution in [3.05, 3.63) is 41.1 Å². The summed E-state index contributed by atoms with van der Waals surface area (Å²) in [5, 5.41) is 3.47. The van der Waals surface area contributed by atoms with Crippen molar-refractivity contribution in [2.45, 2.75) is 47.2 Å². The van der Waals surface area contributed by atoms with Crippen LogP contribution >= 0.6 is 0 Å². The summed E-state index contributed by atoms with van der Waals surface area (Å²) < 4.78 is 2.05. The predicted molar refractivity (Wildman–Crippen MR) is 77.5 cm³/mol. The number of nitrogens with one attached hydrogen (secondary N) is 1. The Bertz CT molecular complexity index is 570. The fourth-order valence-corrected chi connectivity index (χ4v) is 2.17. The second-order valence-corrected chi connectivity index (χ2v) is 5.26. The first-order valence-electron chi connectivity index (χ1n) is 6.70. The second kappa shape index (κ2) is 5.53. The molecule has 0 saturated carbocycles. The highest BCUT2D eigenvalue weighted by Crippen LogP contribution is 2.19. The van der Waals surface area contributed by atoms with E-state index >= 15 is 0 Å². The first-order valence-corrected chi connectivity index (χ1v) is 6.70. The van der Waals surface area contributed by atoms with Gasteiger partial charge in [-0.3, -0.25) is 4.57 Å². The number of aryl methyl sites for hydroxylation is 3. The average Bonchev–Trinajstić information content (AvgIpc) is 2.73. The van der Waals surface area contributed by atoms with Crippen LogP contribution in [0.25, 0.3) is 5.82 Å². The lowest BCUT2D eigenvalue weighted by atomic mass is 10.1. The number of rotatable bonds is 4. The minimum absolute atomic E-state index is 0.456. The van der Waals surface area contributed by atoms with E-state index in [1.165, 1.54) is 11.1 Å². The monoisotopic (exact) mass is 258 g/mol. The molecule has 0 amide bonds. The van der Waals surface area contributed by atoms with Crippen LogP contribution in [0.1, 0.15) is 36.5 Å². The van der Waals surface area contributed by atoms with Gasteiger partial charge in [0.25, 0.3) is 0 Å². The van der Waals surface area contributed by atoms with Gasteiger partial charge in [0.1, 0.15) is 11.6 Å². The van der Waals surface area contributed by atoms with E-state index < -0.39 is 0 Å². The van der Waals surface area contributed by atoms with Gasteiger partial charge in [0.15, 0.2) is 0 Å². The quantitative estimate of drug-likeness (QED) is 0.917. The van der Waals surface area contributed by atoms with Crippen LogP contribution in [0.15, 0.2) is 18.5 Å². The number of pyridine rings is 1. The third-order valence-electron chi connectivity index (χ3n) is 3.19. The lowest BCUT2D eigenvalue weighted by molar-refractivity contribution is 0.584. The van der Waals surface area contributed by atoms with Gasteiger partial charge in [0.05, 0.1) is 0 Å². The lowest BCUT2D eigenvalue weighted by Gasteiger charge is -2.16. The molecule has 0 saturated heterocycles. The molecule has 2 heterocycles. The molecule has 19 heavy (non-hydrogen) atoms. The van der Waals surface area contributed by atoms with Gasteiger partial charge in [-0.25, -0.2) is 9.97 Å². The molecule has 1 N–H and O–H groups in total. The maximum Gasteiger partial charge on any atom is 0.143 e. The highest BCUT2D eigenvalue weighted by Gasteiger charge is 2.12. The van der Waals surface area contributed by atoms with Gasteiger partial charge in [-0.15, -0.1) is 0 Å². The van der Waals surface area contributed by atoms with Crippen LogP contribution in [0.5, 0.6) is 0 Å². The molecule has 0 radical (unpaired) electrons. The van der Waals surface area contributed by atoms with Crippen molar-refractivity contribution in [2.75, 3.05) is 0 Å². The normalized spacial score (nSPS) is 11.3. The van der Waals surface area contributed by atoms with E-state index in [-0.39, 0.29) is 0 Å². The Kier molecular flexibility index (Phi) is 4.00. The van der Waals surface area contributed by atoms with Crippen LogP contribution in [0, 0.1) is 20.8 Å². The maximum absolute atomic E-state index is 4.70. The van der Waals surface area contributed by atoms with Crippen molar-refractivity contribution in [1.82, 2.24) is 19.9 Å². The molecular weight excluding hydrogens is 236 g/mol. The number of aromatic nitrogens is 3. The molecule has 2 rings (SSSR count). The van der Waals surface area contributed by atoms with Gasteiger partial charge in [-0.2, -0.15) is 0 Å². The number of hydrogen-bond donors (Lipinski definition) is 1. The number of imidazole rings is 1. The molecule has 2 aromatic rings. The first-order chi connectivity index (χ1) is 8.99. The SMILES string of the molecule is Cc1cc(C)c(CNC(C)C)c(-n2ccnc2C)n1. The lowest BCUT2D eigenvalue weighted by Crippen LogP contribution is -2.24. The van der Waals surface area contributed by atoms with E-state index in [1.54, 1.807) is 0 Å². The molecule has 4 heteroatoms. The summed E-state index contributed by atoms with van der Waals surface area (Å²) in [6, 6.07) is 2.59. The third kappa shape index (κ3) is 3.01. The molecule has 0 aliphatic heterocycles. The Morgan fingerprint density at radius 3 is 2.58 bits per heavy atom. The van der Waals surface area contributed by atoms with Crippen molar-refractivity contribution in [3.8, 4) is 5.82 Å². The Balaban J connectivity index is 2.49. The van der Waals surface area contributed by atoms with Crippen molar-refractivity contribution in [3.63, 3.8) is 0 Å². The fourth-order valence-electron chi connectivity index (χ4n) is 2.17. The zero-order valence-electron chi connectivity index (χ0n) is 12.4. The van der Waals surface area contributed by atoms with Gasteiger partial charge in [-0.1, -0.05) is 13.8 Å². The van der Waals surface area contributed by atoms with E-state index in [4.69, 9.17) is 4.98 Å². The highest BCUT2D eigenvalue weighted by atomic mass is 15.1. The van der Waals surface area contributed by atoms with Gasteiger partial charge < -0.3 is 5.32 Å². The van der Waals surface area contributed by atoms with E-state index in [1.807, 2.05) is 26.2 Å². The summed E-state index contributed by atoms with van der Waals surface area (Å²) in [6.45, 7) is 11.3. The Hall–Kier alpha value is -1.68. The molecule has 0 fully saturated rings. The summed E-state index contributed by atoms with van der Waals surface area (Å²) >= 11 is 0. The Labute approximate surface area is 114 Å². The van der Waals surface area contributed by atoms with Crippen LogP contribution in [0.3, 0.4) is 0 Å². The highest BCUT2D eigenvalue weighted by molar-refractivity contribution is 5.42. The summed E-state index contributed by atoms with van der Waals surface area (Å²) in [7, 11) is 0. The Morgan fingerprint density at radius 2 is 2.00 bits per heavy atom. The average molecular weight is 258 g/mol. The van der Waals surface area contributed by atoms with Crippen LogP contribution in [-0.4, -0.2) is 20.6 Å². The van der Waals surface area contributed by atoms with Gasteiger partial charge in [-0.05, 0) is 32.4 Å². The van der Waals surface area contributed by atoms with Crippen LogP contribution in [-0.2, 0) is 6.54 Å². The smallest absolute Gasteiger partial charge is 0.143 e. The molecule has 0 atom stereocenters. The molecular formula is C15H22N4. The van der Waals surface area contributed by atoms with Crippen LogP contribution < -0.4 is 5.32 Å². The van der Waals surface area contributed by atoms with Crippen molar-refractivity contribution < 1.29 is 0 Å². The zero-order chi connectivity index (χ0) is 14.0. The number of nitrogens with zero attached hydrogens (tertiary/aromatic N) is 3. The van der Waals surface area contributed by atoms with E-state index in [0.717, 1.165) is 23.9 Å². The summed E-state index contributed by atoms with van der Waals surface area (Å²) in [5.41, 5.74) is 3.54. The maximum atomic E-state index is 4.70. The summed E-state index contributed by atoms with van der Waals surface area (Å²) in [5.74, 6) is 1.95. The van der Waals surface area contributed by atoms with Crippen molar-refractivity contribution in [2.24, 2.45) is 0 Å². The standard InChI is InChI=1S/C15H22N4/c1-10(2)17-9-14-11(3)8-12(4)18-15(14)19-7-6-16-13(19)5/h6-8,10,17H,9H2,1-5H3. The van der Waals surface area contributed by atoms with E-state index in [9.17, 15) is 0 Å². The molecule has 0 aliphatic rings. The van der Waals surface area contributed by atoms with Crippen molar-refractivity contribution in [1.29, 1.82) is 0 Å². The topological polar surface area (TPSA) is 42.7 Å². The molecule has 4 nitrogen and oxygen atoms in total. The second-order valence-electron chi connectivity index (χ2n) is 5.26. The summed E-state index contributed by atoms with van der Waals surface area (Å²) in [4.78, 5) is 8.99. The molecule has 2 aromatic heterocycles. The van der Waals surface area contributed by atoms with Crippen LogP contribution in [0.2, 0.25) is 0 Å². The van der Waals surface area contributed by atoms with Gasteiger partial charge in [0, 0.05) is 36.2 Å². The predicted octanol–water partition coefficient (Wildman–Crippen LogP) is 2.69. The first kappa shape index (κ1) is 13.7. The molecule has 0 spiro atoms. The largest absolute Gasteiger partial charge is 0.310 e. The van der Waals surface area contributed by atoms with E-state index in [0.29, 0.717) is 6.04 Å². The van der Waals surface area contributed by atoms with Gasteiger partial charge in [0.2, 0.25) is 0 Å². The molecule has 0 bridgehead atoms. The van der Waals surface area contributed by atoms with Gasteiger partial charge >= 0.3 is 0 Å². The molecule has 102 valence electrons. The fraction of sp³-hybridized carbons (Fsp3) is 0.467. The minimum atomic E-state index is 0.456. The third-order valence-corrected chi connectivity index (χ3v) is 3.19. The molecule has 0 aliphatic carbocycles. The zero-order valence-corrected chi connectivity index (χ0v) is 12.4. The molecule has 0 unspecified atom stereocenters. The van der Waals surface area contributed by atoms with Crippen LogP contribution in [0.4, 0.5) is 0 Å². The summed E-state index contributed by atoms with van der Waals surface area (Å²) in [6.07, 6.45) is 3.78.